The number of aliphatic hydroxyl groups is 1. The second kappa shape index (κ2) is 5.14. The highest BCUT2D eigenvalue weighted by Crippen LogP contribution is 2.32. The normalized spacial score (nSPS) is 26.0. The summed E-state index contributed by atoms with van der Waals surface area (Å²) in [6, 6.07) is 8.65. The van der Waals surface area contributed by atoms with E-state index in [2.05, 4.69) is 41.4 Å². The van der Waals surface area contributed by atoms with Crippen molar-refractivity contribution in [2.45, 2.75) is 31.8 Å². The fourth-order valence-electron chi connectivity index (χ4n) is 3.46. The lowest BCUT2D eigenvalue weighted by Gasteiger charge is -2.42. The van der Waals surface area contributed by atoms with E-state index in [-0.39, 0.29) is 0 Å². The molecule has 2 aliphatic rings. The fraction of sp³-hybridized carbons (Fsp3) is 0.625. The number of para-hydroxylation sites is 1. The zero-order valence-electron chi connectivity index (χ0n) is 11.7. The van der Waals surface area contributed by atoms with Crippen molar-refractivity contribution in [2.24, 2.45) is 5.92 Å². The molecule has 3 nitrogen and oxygen atoms in total. The van der Waals surface area contributed by atoms with Gasteiger partial charge in [0.1, 0.15) is 0 Å². The van der Waals surface area contributed by atoms with Crippen LogP contribution in [0.5, 0.6) is 0 Å². The summed E-state index contributed by atoms with van der Waals surface area (Å²) in [6.07, 6.45) is 2.88. The molecule has 104 valence electrons. The topological polar surface area (TPSA) is 35.5 Å². The third-order valence-electron chi connectivity index (χ3n) is 4.45. The molecule has 0 aliphatic carbocycles. The van der Waals surface area contributed by atoms with E-state index in [1.165, 1.54) is 11.3 Å². The van der Waals surface area contributed by atoms with E-state index < -0.39 is 5.60 Å². The molecule has 1 atom stereocenters. The van der Waals surface area contributed by atoms with Gasteiger partial charge in [0.05, 0.1) is 5.60 Å². The maximum Gasteiger partial charge on any atom is 0.0845 e. The van der Waals surface area contributed by atoms with Crippen molar-refractivity contribution < 1.29 is 5.11 Å². The Kier molecular flexibility index (Phi) is 3.50. The van der Waals surface area contributed by atoms with Gasteiger partial charge in [-0.15, -0.1) is 0 Å². The Morgan fingerprint density at radius 2 is 2.05 bits per heavy atom. The fourth-order valence-corrected chi connectivity index (χ4v) is 3.46. The van der Waals surface area contributed by atoms with Gasteiger partial charge in [-0.1, -0.05) is 25.1 Å². The van der Waals surface area contributed by atoms with Crippen LogP contribution >= 0.6 is 0 Å². The lowest BCUT2D eigenvalue weighted by atomic mass is 9.88. The second-order valence-corrected chi connectivity index (χ2v) is 6.29. The molecule has 19 heavy (non-hydrogen) atoms. The molecule has 1 aromatic carbocycles. The summed E-state index contributed by atoms with van der Waals surface area (Å²) in [5.41, 5.74) is 2.24. The van der Waals surface area contributed by atoms with Gasteiger partial charge < -0.3 is 15.3 Å². The van der Waals surface area contributed by atoms with E-state index >= 15 is 0 Å². The third-order valence-corrected chi connectivity index (χ3v) is 4.45. The Balaban J connectivity index is 1.81. The Bertz CT molecular complexity index is 440. The predicted molar refractivity (Wildman–Crippen MR) is 78.6 cm³/mol. The maximum absolute atomic E-state index is 10.8. The lowest BCUT2D eigenvalue weighted by molar-refractivity contribution is 0.0166. The number of nitrogens with one attached hydrogen (secondary N) is 1. The molecule has 1 fully saturated rings. The average molecular weight is 260 g/mol. The van der Waals surface area contributed by atoms with Crippen molar-refractivity contribution in [3.8, 4) is 0 Å². The molecule has 0 aromatic heterocycles. The molecule has 3 rings (SSSR count). The Hall–Kier alpha value is -1.06. The van der Waals surface area contributed by atoms with Gasteiger partial charge in [0.25, 0.3) is 0 Å². The van der Waals surface area contributed by atoms with Crippen molar-refractivity contribution in [2.75, 3.05) is 31.1 Å². The van der Waals surface area contributed by atoms with Gasteiger partial charge in [0.15, 0.2) is 0 Å². The summed E-state index contributed by atoms with van der Waals surface area (Å²) >= 11 is 0. The molecule has 0 bridgehead atoms. The second-order valence-electron chi connectivity index (χ2n) is 6.29. The molecular formula is C16H24N2O. The number of hydrogen-bond acceptors (Lipinski definition) is 3. The van der Waals surface area contributed by atoms with Gasteiger partial charge in [-0.05, 0) is 49.9 Å². The minimum Gasteiger partial charge on any atom is -0.388 e. The molecule has 2 heterocycles. The summed E-state index contributed by atoms with van der Waals surface area (Å²) < 4.78 is 0. The van der Waals surface area contributed by atoms with E-state index in [0.29, 0.717) is 5.92 Å². The Morgan fingerprint density at radius 3 is 2.84 bits per heavy atom. The van der Waals surface area contributed by atoms with Gasteiger partial charge in [-0.3, -0.25) is 0 Å². The van der Waals surface area contributed by atoms with Crippen LogP contribution in [0.1, 0.15) is 25.3 Å². The molecule has 2 N–H and O–H groups in total. The number of benzene rings is 1. The number of piperidine rings is 1. The van der Waals surface area contributed by atoms with Gasteiger partial charge in [0, 0.05) is 18.8 Å². The maximum atomic E-state index is 10.8. The van der Waals surface area contributed by atoms with Crippen LogP contribution < -0.4 is 10.2 Å². The minimum atomic E-state index is -0.518. The molecule has 2 aliphatic heterocycles. The number of rotatable bonds is 2. The molecule has 0 amide bonds. The van der Waals surface area contributed by atoms with Crippen molar-refractivity contribution in [3.63, 3.8) is 0 Å². The van der Waals surface area contributed by atoms with Gasteiger partial charge >= 0.3 is 0 Å². The third kappa shape index (κ3) is 2.77. The monoisotopic (exact) mass is 260 g/mol. The van der Waals surface area contributed by atoms with Crippen LogP contribution in [0.4, 0.5) is 5.69 Å². The van der Waals surface area contributed by atoms with Gasteiger partial charge in [-0.25, -0.2) is 0 Å². The average Bonchev–Trinajstić information content (AvgIpc) is 2.39. The van der Waals surface area contributed by atoms with Crippen molar-refractivity contribution in [3.05, 3.63) is 29.8 Å². The molecule has 0 radical (unpaired) electrons. The molecule has 1 saturated heterocycles. The van der Waals surface area contributed by atoms with Crippen molar-refractivity contribution >= 4 is 5.69 Å². The highest BCUT2D eigenvalue weighted by atomic mass is 16.3. The minimum absolute atomic E-state index is 0.518. The van der Waals surface area contributed by atoms with Crippen LogP contribution in [0.15, 0.2) is 24.3 Å². The highest BCUT2D eigenvalue weighted by Gasteiger charge is 2.33. The number of anilines is 1. The SMILES string of the molecule is CC1Cc2ccccc2N(CC2(O)CCNCC2)C1. The summed E-state index contributed by atoms with van der Waals surface area (Å²) in [6.45, 7) is 6.00. The van der Waals surface area contributed by atoms with Crippen LogP contribution in [0.2, 0.25) is 0 Å². The van der Waals surface area contributed by atoms with E-state index in [9.17, 15) is 5.11 Å². The van der Waals surface area contributed by atoms with Gasteiger partial charge in [0.2, 0.25) is 0 Å². The summed E-state index contributed by atoms with van der Waals surface area (Å²) in [5.74, 6) is 0.667. The van der Waals surface area contributed by atoms with Crippen LogP contribution in [0, 0.1) is 5.92 Å². The smallest absolute Gasteiger partial charge is 0.0845 e. The molecule has 1 unspecified atom stereocenters. The van der Waals surface area contributed by atoms with Crippen molar-refractivity contribution in [1.82, 2.24) is 5.32 Å². The first-order valence-electron chi connectivity index (χ1n) is 7.42. The molecule has 0 spiro atoms. The molecule has 1 aromatic rings. The van der Waals surface area contributed by atoms with E-state index in [1.54, 1.807) is 0 Å². The number of hydrogen-bond donors (Lipinski definition) is 2. The molecule has 0 saturated carbocycles. The Labute approximate surface area is 115 Å². The van der Waals surface area contributed by atoms with Crippen LogP contribution in [0.3, 0.4) is 0 Å². The zero-order valence-corrected chi connectivity index (χ0v) is 11.7. The van der Waals surface area contributed by atoms with E-state index in [0.717, 1.165) is 45.4 Å². The largest absolute Gasteiger partial charge is 0.388 e. The van der Waals surface area contributed by atoms with Crippen LogP contribution in [0.25, 0.3) is 0 Å². The van der Waals surface area contributed by atoms with Gasteiger partial charge in [-0.2, -0.15) is 0 Å². The highest BCUT2D eigenvalue weighted by molar-refractivity contribution is 5.56. The first-order chi connectivity index (χ1) is 9.16. The Morgan fingerprint density at radius 1 is 1.32 bits per heavy atom. The first-order valence-corrected chi connectivity index (χ1v) is 7.42. The van der Waals surface area contributed by atoms with E-state index in [1.807, 2.05) is 0 Å². The molecule has 3 heteroatoms. The van der Waals surface area contributed by atoms with Crippen molar-refractivity contribution in [1.29, 1.82) is 0 Å². The molecular weight excluding hydrogens is 236 g/mol. The summed E-state index contributed by atoms with van der Waals surface area (Å²) in [7, 11) is 0. The lowest BCUT2D eigenvalue weighted by Crippen LogP contribution is -2.51. The number of β-amino-alcohol motifs (C(OH)–C–C–N with tert-alkyl or cyclic N) is 1. The standard InChI is InChI=1S/C16H24N2O/c1-13-10-14-4-2-3-5-15(14)18(11-13)12-16(19)6-8-17-9-7-16/h2-5,13,17,19H,6-12H2,1H3. The number of nitrogens with zero attached hydrogens (tertiary/aromatic N) is 1. The zero-order chi connectivity index (χ0) is 13.3. The summed E-state index contributed by atoms with van der Waals surface area (Å²) in [5, 5.41) is 14.1. The first kappa shape index (κ1) is 12.9. The van der Waals surface area contributed by atoms with Crippen LogP contribution in [-0.2, 0) is 6.42 Å². The van der Waals surface area contributed by atoms with E-state index in [4.69, 9.17) is 0 Å². The quantitative estimate of drug-likeness (QED) is 0.851. The summed E-state index contributed by atoms with van der Waals surface area (Å²) in [4.78, 5) is 2.40. The predicted octanol–water partition coefficient (Wildman–Crippen LogP) is 1.80. The van der Waals surface area contributed by atoms with Crippen LogP contribution in [-0.4, -0.2) is 36.9 Å². The number of fused-ring (bicyclic) bond motifs is 1.